The molecule has 5 heteroatoms. The Balaban J connectivity index is 1.63. The van der Waals surface area contributed by atoms with E-state index in [2.05, 4.69) is 16.9 Å². The first kappa shape index (κ1) is 20.2. The number of pyridine rings is 1. The third kappa shape index (κ3) is 4.12. The van der Waals surface area contributed by atoms with E-state index >= 15 is 0 Å². The van der Waals surface area contributed by atoms with Gasteiger partial charge in [-0.2, -0.15) is 0 Å². The number of aromatic nitrogens is 1. The molecular formula is C25H26N2O3. The molecule has 30 heavy (non-hydrogen) atoms. The molecule has 1 aliphatic rings. The highest BCUT2D eigenvalue weighted by molar-refractivity contribution is 6.02. The van der Waals surface area contributed by atoms with Gasteiger partial charge in [-0.15, -0.1) is 0 Å². The van der Waals surface area contributed by atoms with Crippen LogP contribution in [-0.4, -0.2) is 47.2 Å². The number of aldehydes is 1. The van der Waals surface area contributed by atoms with Crippen molar-refractivity contribution in [3.05, 3.63) is 59.8 Å². The van der Waals surface area contributed by atoms with E-state index in [-0.39, 0.29) is 23.0 Å². The monoisotopic (exact) mass is 402 g/mol. The average Bonchev–Trinajstić information content (AvgIpc) is 2.76. The number of Topliss-reactive ketones (excluding diaryl/α,β-unsaturated/α-hetero) is 1. The van der Waals surface area contributed by atoms with Gasteiger partial charge in [-0.05, 0) is 74.4 Å². The Hall–Kier alpha value is -3.05. The molecule has 0 amide bonds. The standard InChI is InChI=1S/C25H26N2O3/c1-27-13-3-2-5-17(12-14-27)25(30)23-7-4-6-22(26-23)19-8-10-20-18(15-19)9-11-24(29)21(20)16-28/h4,6-11,15-17,29H,2-3,5,12-14H2,1H3. The predicted octanol–water partition coefficient (Wildman–Crippen LogP) is 4.72. The Morgan fingerprint density at radius 2 is 1.97 bits per heavy atom. The van der Waals surface area contributed by atoms with E-state index in [0.29, 0.717) is 17.4 Å². The van der Waals surface area contributed by atoms with Crippen molar-refractivity contribution < 1.29 is 14.7 Å². The molecule has 0 bridgehead atoms. The molecule has 4 rings (SSSR count). The highest BCUT2D eigenvalue weighted by Crippen LogP contribution is 2.30. The van der Waals surface area contributed by atoms with E-state index in [0.717, 1.165) is 55.4 Å². The van der Waals surface area contributed by atoms with Crippen LogP contribution in [0.4, 0.5) is 0 Å². The summed E-state index contributed by atoms with van der Waals surface area (Å²) in [5, 5.41) is 11.4. The fourth-order valence-electron chi connectivity index (χ4n) is 4.23. The van der Waals surface area contributed by atoms with Crippen molar-refractivity contribution in [1.29, 1.82) is 0 Å². The lowest BCUT2D eigenvalue weighted by Crippen LogP contribution is -2.28. The number of benzene rings is 2. The molecule has 0 saturated carbocycles. The number of likely N-dealkylation sites (tertiary alicyclic amines) is 1. The number of ketones is 1. The Kier molecular flexibility index (Phi) is 5.91. The zero-order chi connectivity index (χ0) is 21.1. The SMILES string of the molecule is CN1CCCCC(C(=O)c2cccc(-c3ccc4c(C=O)c(O)ccc4c3)n2)CC1. The van der Waals surface area contributed by atoms with Crippen LogP contribution in [0.3, 0.4) is 0 Å². The van der Waals surface area contributed by atoms with Crippen molar-refractivity contribution in [3.8, 4) is 17.0 Å². The Labute approximate surface area is 176 Å². The number of hydrogen-bond acceptors (Lipinski definition) is 5. The normalized spacial score (nSPS) is 18.0. The number of carbonyl (C=O) groups is 2. The van der Waals surface area contributed by atoms with Gasteiger partial charge in [0.1, 0.15) is 11.4 Å². The van der Waals surface area contributed by atoms with Crippen LogP contribution in [0.2, 0.25) is 0 Å². The van der Waals surface area contributed by atoms with E-state index in [1.807, 2.05) is 30.3 Å². The van der Waals surface area contributed by atoms with Crippen LogP contribution in [0.5, 0.6) is 5.75 Å². The summed E-state index contributed by atoms with van der Waals surface area (Å²) in [5.74, 6) is 0.118. The quantitative estimate of drug-likeness (QED) is 0.505. The maximum absolute atomic E-state index is 13.1. The van der Waals surface area contributed by atoms with Crippen molar-refractivity contribution in [1.82, 2.24) is 9.88 Å². The number of phenols is 1. The van der Waals surface area contributed by atoms with Crippen molar-refractivity contribution in [2.75, 3.05) is 20.1 Å². The minimum atomic E-state index is -0.0270. The van der Waals surface area contributed by atoms with Crippen LogP contribution in [0, 0.1) is 5.92 Å². The first-order chi connectivity index (χ1) is 14.6. The fourth-order valence-corrected chi connectivity index (χ4v) is 4.23. The van der Waals surface area contributed by atoms with Crippen molar-refractivity contribution in [2.24, 2.45) is 5.92 Å². The van der Waals surface area contributed by atoms with E-state index < -0.39 is 0 Å². The van der Waals surface area contributed by atoms with Crippen LogP contribution in [-0.2, 0) is 0 Å². The minimum Gasteiger partial charge on any atom is -0.507 e. The minimum absolute atomic E-state index is 0.0187. The number of phenolic OH excluding ortho intramolecular Hbond substituents is 1. The Morgan fingerprint density at radius 3 is 2.80 bits per heavy atom. The van der Waals surface area contributed by atoms with Crippen LogP contribution < -0.4 is 0 Å². The number of nitrogens with zero attached hydrogens (tertiary/aromatic N) is 2. The average molecular weight is 402 g/mol. The molecule has 2 aromatic carbocycles. The van der Waals surface area contributed by atoms with Gasteiger partial charge in [0.25, 0.3) is 0 Å². The largest absolute Gasteiger partial charge is 0.507 e. The highest BCUT2D eigenvalue weighted by Gasteiger charge is 2.23. The second-order valence-electron chi connectivity index (χ2n) is 8.11. The van der Waals surface area contributed by atoms with Gasteiger partial charge in [0.05, 0.1) is 11.3 Å². The van der Waals surface area contributed by atoms with Gasteiger partial charge in [-0.25, -0.2) is 4.98 Å². The molecule has 0 spiro atoms. The van der Waals surface area contributed by atoms with Gasteiger partial charge in [0.15, 0.2) is 12.1 Å². The summed E-state index contributed by atoms with van der Waals surface area (Å²) in [7, 11) is 2.11. The van der Waals surface area contributed by atoms with Gasteiger partial charge in [0.2, 0.25) is 0 Å². The van der Waals surface area contributed by atoms with E-state index in [4.69, 9.17) is 0 Å². The zero-order valence-electron chi connectivity index (χ0n) is 17.2. The molecule has 1 fully saturated rings. The molecule has 1 aliphatic heterocycles. The van der Waals surface area contributed by atoms with Crippen LogP contribution in [0.1, 0.15) is 46.5 Å². The van der Waals surface area contributed by atoms with Gasteiger partial charge in [-0.3, -0.25) is 9.59 Å². The van der Waals surface area contributed by atoms with Crippen molar-refractivity contribution in [2.45, 2.75) is 25.7 Å². The molecule has 1 unspecified atom stereocenters. The molecule has 5 nitrogen and oxygen atoms in total. The molecule has 154 valence electrons. The van der Waals surface area contributed by atoms with Gasteiger partial charge >= 0.3 is 0 Å². The maximum Gasteiger partial charge on any atom is 0.184 e. The van der Waals surface area contributed by atoms with Gasteiger partial charge in [-0.1, -0.05) is 30.7 Å². The molecule has 1 atom stereocenters. The fraction of sp³-hybridized carbons (Fsp3) is 0.320. The highest BCUT2D eigenvalue weighted by atomic mass is 16.3. The van der Waals surface area contributed by atoms with Gasteiger partial charge < -0.3 is 10.0 Å². The summed E-state index contributed by atoms with van der Waals surface area (Å²) in [6.45, 7) is 2.03. The molecule has 0 aliphatic carbocycles. The van der Waals surface area contributed by atoms with E-state index in [1.165, 1.54) is 6.07 Å². The second-order valence-corrected chi connectivity index (χ2v) is 8.11. The van der Waals surface area contributed by atoms with Crippen molar-refractivity contribution >= 4 is 22.8 Å². The summed E-state index contributed by atoms with van der Waals surface area (Å²) in [6, 6.07) is 14.5. The number of fused-ring (bicyclic) bond motifs is 1. The second kappa shape index (κ2) is 8.76. The molecule has 2 heterocycles. The zero-order valence-corrected chi connectivity index (χ0v) is 17.2. The number of carbonyl (C=O) groups excluding carboxylic acids is 2. The lowest BCUT2D eigenvalue weighted by molar-refractivity contribution is 0.0881. The third-order valence-electron chi connectivity index (χ3n) is 6.03. The van der Waals surface area contributed by atoms with Crippen LogP contribution >= 0.6 is 0 Å². The Bertz CT molecular complexity index is 1090. The molecule has 1 N–H and O–H groups in total. The summed E-state index contributed by atoms with van der Waals surface area (Å²) in [4.78, 5) is 31.4. The molecule has 1 aromatic heterocycles. The number of rotatable bonds is 4. The van der Waals surface area contributed by atoms with Crippen LogP contribution in [0.15, 0.2) is 48.5 Å². The summed E-state index contributed by atoms with van der Waals surface area (Å²) in [5.41, 5.74) is 2.40. The molecule has 3 aromatic rings. The Morgan fingerprint density at radius 1 is 1.10 bits per heavy atom. The van der Waals surface area contributed by atoms with Crippen molar-refractivity contribution in [3.63, 3.8) is 0 Å². The molecular weight excluding hydrogens is 376 g/mol. The van der Waals surface area contributed by atoms with E-state index in [1.54, 1.807) is 12.1 Å². The predicted molar refractivity (Wildman–Crippen MR) is 118 cm³/mol. The topological polar surface area (TPSA) is 70.5 Å². The number of aromatic hydroxyl groups is 1. The smallest absolute Gasteiger partial charge is 0.184 e. The summed E-state index contributed by atoms with van der Waals surface area (Å²) >= 11 is 0. The third-order valence-corrected chi connectivity index (χ3v) is 6.03. The van der Waals surface area contributed by atoms with Gasteiger partial charge in [0, 0.05) is 11.5 Å². The first-order valence-electron chi connectivity index (χ1n) is 10.5. The maximum atomic E-state index is 13.1. The first-order valence-corrected chi connectivity index (χ1v) is 10.5. The van der Waals surface area contributed by atoms with E-state index in [9.17, 15) is 14.7 Å². The lowest BCUT2D eigenvalue weighted by Gasteiger charge is -2.24. The summed E-state index contributed by atoms with van der Waals surface area (Å²) < 4.78 is 0. The lowest BCUT2D eigenvalue weighted by atomic mass is 9.90. The van der Waals surface area contributed by atoms with Crippen LogP contribution in [0.25, 0.3) is 22.0 Å². The number of hydrogen-bond donors (Lipinski definition) is 1. The summed E-state index contributed by atoms with van der Waals surface area (Å²) in [6.07, 6.45) is 4.66. The molecule has 0 radical (unpaired) electrons. The molecule has 1 saturated heterocycles.